The van der Waals surface area contributed by atoms with Gasteiger partial charge in [-0.2, -0.15) is 0 Å². The highest BCUT2D eigenvalue weighted by molar-refractivity contribution is 5.92. The summed E-state index contributed by atoms with van der Waals surface area (Å²) in [7, 11) is 0. The van der Waals surface area contributed by atoms with Crippen LogP contribution in [0.25, 0.3) is 16.5 Å². The Balaban J connectivity index is 1.81. The zero-order valence-corrected chi connectivity index (χ0v) is 12.0. The van der Waals surface area contributed by atoms with Crippen molar-refractivity contribution in [3.8, 4) is 0 Å². The second kappa shape index (κ2) is 5.54. The van der Waals surface area contributed by atoms with E-state index in [1.807, 2.05) is 0 Å². The molecule has 1 aliphatic carbocycles. The van der Waals surface area contributed by atoms with Crippen molar-refractivity contribution in [1.29, 1.82) is 0 Å². The van der Waals surface area contributed by atoms with Crippen LogP contribution in [0.1, 0.15) is 31.7 Å². The van der Waals surface area contributed by atoms with Gasteiger partial charge in [-0.25, -0.2) is 0 Å². The van der Waals surface area contributed by atoms with Crippen LogP contribution in [-0.2, 0) is 0 Å². The summed E-state index contributed by atoms with van der Waals surface area (Å²) in [6.07, 6.45) is 12.4. The Labute approximate surface area is 120 Å². The van der Waals surface area contributed by atoms with Gasteiger partial charge in [0.15, 0.2) is 0 Å². The largest absolute Gasteiger partial charge is 0.361 e. The van der Waals surface area contributed by atoms with Crippen LogP contribution in [0.2, 0.25) is 0 Å². The van der Waals surface area contributed by atoms with Gasteiger partial charge in [-0.15, -0.1) is 0 Å². The zero-order chi connectivity index (χ0) is 13.9. The van der Waals surface area contributed by atoms with E-state index in [0.717, 1.165) is 6.42 Å². The Hall–Kier alpha value is -2.02. The first-order chi connectivity index (χ1) is 9.75. The predicted octanol–water partition coefficient (Wildman–Crippen LogP) is 5.48. The number of aromatic nitrogens is 1. The SMILES string of the molecule is C=C(c1c[nH]c2ccccc12)[C@@H](C)CC1=CCCC=C1. The highest BCUT2D eigenvalue weighted by Crippen LogP contribution is 2.32. The van der Waals surface area contributed by atoms with E-state index >= 15 is 0 Å². The fourth-order valence-corrected chi connectivity index (χ4v) is 2.90. The van der Waals surface area contributed by atoms with E-state index < -0.39 is 0 Å². The third-order valence-electron chi connectivity index (χ3n) is 4.14. The molecule has 20 heavy (non-hydrogen) atoms. The molecular weight excluding hydrogens is 242 g/mol. The molecule has 102 valence electrons. The molecule has 1 nitrogen and oxygen atoms in total. The van der Waals surface area contributed by atoms with Gasteiger partial charge in [0, 0.05) is 22.7 Å². The first-order valence-corrected chi connectivity index (χ1v) is 7.36. The summed E-state index contributed by atoms with van der Waals surface area (Å²) < 4.78 is 0. The third kappa shape index (κ3) is 2.49. The van der Waals surface area contributed by atoms with Crippen LogP contribution in [0.3, 0.4) is 0 Å². The zero-order valence-electron chi connectivity index (χ0n) is 12.0. The topological polar surface area (TPSA) is 15.8 Å². The van der Waals surface area contributed by atoms with Crippen molar-refractivity contribution >= 4 is 16.5 Å². The average molecular weight is 263 g/mol. The minimum atomic E-state index is 0.461. The second-order valence-electron chi connectivity index (χ2n) is 5.64. The van der Waals surface area contributed by atoms with Crippen molar-refractivity contribution in [1.82, 2.24) is 4.98 Å². The predicted molar refractivity (Wildman–Crippen MR) is 87.6 cm³/mol. The molecule has 0 spiro atoms. The summed E-state index contributed by atoms with van der Waals surface area (Å²) in [5.41, 5.74) is 5.12. The number of H-pyrrole nitrogens is 1. The Morgan fingerprint density at radius 1 is 1.30 bits per heavy atom. The maximum Gasteiger partial charge on any atom is 0.0460 e. The average Bonchev–Trinajstić information content (AvgIpc) is 2.91. The normalized spacial score (nSPS) is 16.1. The lowest BCUT2D eigenvalue weighted by Crippen LogP contribution is -2.00. The van der Waals surface area contributed by atoms with Crippen molar-refractivity contribution in [2.45, 2.75) is 26.2 Å². The van der Waals surface area contributed by atoms with E-state index in [9.17, 15) is 0 Å². The monoisotopic (exact) mass is 263 g/mol. The van der Waals surface area contributed by atoms with Crippen molar-refractivity contribution in [2.75, 3.05) is 0 Å². The van der Waals surface area contributed by atoms with Crippen molar-refractivity contribution < 1.29 is 0 Å². The van der Waals surface area contributed by atoms with Crippen molar-refractivity contribution in [3.05, 3.63) is 66.4 Å². The van der Waals surface area contributed by atoms with Crippen LogP contribution < -0.4 is 0 Å². The van der Waals surface area contributed by atoms with Gasteiger partial charge in [0.25, 0.3) is 0 Å². The molecule has 1 aromatic carbocycles. The van der Waals surface area contributed by atoms with E-state index in [0.29, 0.717) is 5.92 Å². The minimum Gasteiger partial charge on any atom is -0.361 e. The number of benzene rings is 1. The molecule has 1 aliphatic rings. The molecule has 0 unspecified atom stereocenters. The van der Waals surface area contributed by atoms with Crippen molar-refractivity contribution in [3.63, 3.8) is 0 Å². The molecule has 1 heteroatoms. The van der Waals surface area contributed by atoms with E-state index in [4.69, 9.17) is 0 Å². The van der Waals surface area contributed by atoms with Gasteiger partial charge >= 0.3 is 0 Å². The molecule has 0 amide bonds. The molecule has 1 aromatic heterocycles. The number of rotatable bonds is 4. The fourth-order valence-electron chi connectivity index (χ4n) is 2.90. The van der Waals surface area contributed by atoms with Crippen LogP contribution >= 0.6 is 0 Å². The molecule has 3 rings (SSSR count). The van der Waals surface area contributed by atoms with Crippen LogP contribution in [0.4, 0.5) is 0 Å². The maximum atomic E-state index is 4.34. The molecule has 0 fully saturated rings. The second-order valence-corrected chi connectivity index (χ2v) is 5.64. The summed E-state index contributed by atoms with van der Waals surface area (Å²) in [5, 5.41) is 1.28. The standard InChI is InChI=1S/C19H21N/c1-14(12-16-8-4-3-5-9-16)15(2)18-13-20-19-11-7-6-10-17(18)19/h4,6-11,13-14,20H,2-3,5,12H2,1H3/t14-/m0/s1. The third-order valence-corrected chi connectivity index (χ3v) is 4.14. The molecule has 1 N–H and O–H groups in total. The lowest BCUT2D eigenvalue weighted by atomic mass is 9.88. The summed E-state index contributed by atoms with van der Waals surface area (Å²) >= 11 is 0. The van der Waals surface area contributed by atoms with Crippen LogP contribution in [0.5, 0.6) is 0 Å². The smallest absolute Gasteiger partial charge is 0.0460 e. The Morgan fingerprint density at radius 3 is 2.95 bits per heavy atom. The van der Waals surface area contributed by atoms with Gasteiger partial charge in [0.05, 0.1) is 0 Å². The van der Waals surface area contributed by atoms with E-state index in [2.05, 4.69) is 67.2 Å². The van der Waals surface area contributed by atoms with Gasteiger partial charge in [-0.1, -0.05) is 55.5 Å². The highest BCUT2D eigenvalue weighted by atomic mass is 14.7. The molecule has 1 heterocycles. The molecule has 0 bridgehead atoms. The number of hydrogen-bond donors (Lipinski definition) is 1. The number of allylic oxidation sites excluding steroid dienone is 5. The molecule has 0 saturated heterocycles. The molecule has 2 aromatic rings. The summed E-state index contributed by atoms with van der Waals surface area (Å²) in [5.74, 6) is 0.461. The van der Waals surface area contributed by atoms with E-state index in [1.54, 1.807) is 0 Å². The van der Waals surface area contributed by atoms with Gasteiger partial charge in [-0.3, -0.25) is 0 Å². The molecule has 0 radical (unpaired) electrons. The summed E-state index contributed by atoms with van der Waals surface area (Å²) in [6.45, 7) is 6.61. The van der Waals surface area contributed by atoms with Gasteiger partial charge in [0.1, 0.15) is 0 Å². The lowest BCUT2D eigenvalue weighted by Gasteiger charge is -2.16. The first kappa shape index (κ1) is 13.0. The van der Waals surface area contributed by atoms with E-state index in [1.165, 1.54) is 40.5 Å². The number of nitrogens with one attached hydrogen (secondary N) is 1. The number of para-hydroxylation sites is 1. The minimum absolute atomic E-state index is 0.461. The number of fused-ring (bicyclic) bond motifs is 1. The molecular formula is C19H21N. The summed E-state index contributed by atoms with van der Waals surface area (Å²) in [6, 6.07) is 8.43. The molecule has 0 aliphatic heterocycles. The number of hydrogen-bond acceptors (Lipinski definition) is 0. The van der Waals surface area contributed by atoms with Crippen molar-refractivity contribution in [2.24, 2.45) is 5.92 Å². The summed E-state index contributed by atoms with van der Waals surface area (Å²) in [4.78, 5) is 3.34. The lowest BCUT2D eigenvalue weighted by molar-refractivity contribution is 0.741. The first-order valence-electron chi connectivity index (χ1n) is 7.36. The Kier molecular flexibility index (Phi) is 3.60. The highest BCUT2D eigenvalue weighted by Gasteiger charge is 2.14. The van der Waals surface area contributed by atoms with Gasteiger partial charge in [-0.05, 0) is 36.8 Å². The molecule has 1 atom stereocenters. The van der Waals surface area contributed by atoms with Crippen LogP contribution in [0.15, 0.2) is 60.8 Å². The Morgan fingerprint density at radius 2 is 2.15 bits per heavy atom. The quantitative estimate of drug-likeness (QED) is 0.751. The Bertz CT molecular complexity index is 685. The molecule has 0 saturated carbocycles. The number of aromatic amines is 1. The van der Waals surface area contributed by atoms with E-state index in [-0.39, 0.29) is 0 Å². The van der Waals surface area contributed by atoms with Crippen LogP contribution in [0, 0.1) is 5.92 Å². The fraction of sp³-hybridized carbons (Fsp3) is 0.263. The van der Waals surface area contributed by atoms with Gasteiger partial charge in [0.2, 0.25) is 0 Å². The maximum absolute atomic E-state index is 4.34. The van der Waals surface area contributed by atoms with Gasteiger partial charge < -0.3 is 4.98 Å². The van der Waals surface area contributed by atoms with Crippen LogP contribution in [-0.4, -0.2) is 4.98 Å².